The van der Waals surface area contributed by atoms with Gasteiger partial charge in [-0.25, -0.2) is 0 Å². The Labute approximate surface area is 130 Å². The maximum Gasteiger partial charge on any atom is 0.161 e. The molecule has 0 aliphatic heterocycles. The predicted molar refractivity (Wildman–Crippen MR) is 90.9 cm³/mol. The van der Waals surface area contributed by atoms with Gasteiger partial charge in [0.25, 0.3) is 0 Å². The average molecular weight is 295 g/mol. The Morgan fingerprint density at radius 2 is 1.55 bits per heavy atom. The van der Waals surface area contributed by atoms with E-state index in [1.54, 1.807) is 14.2 Å². The molecule has 3 rings (SSSR count). The summed E-state index contributed by atoms with van der Waals surface area (Å²) < 4.78 is 10.7. The lowest BCUT2D eigenvalue weighted by molar-refractivity contribution is 0.355. The molecular weight excluding hydrogens is 274 g/mol. The first-order valence-corrected chi connectivity index (χ1v) is 7.47. The number of methoxy groups -OCH3 is 2. The lowest BCUT2D eigenvalue weighted by atomic mass is 9.98. The van der Waals surface area contributed by atoms with Gasteiger partial charge in [0.05, 0.1) is 14.2 Å². The van der Waals surface area contributed by atoms with Crippen molar-refractivity contribution in [2.75, 3.05) is 14.2 Å². The highest BCUT2D eigenvalue weighted by Gasteiger charge is 2.10. The van der Waals surface area contributed by atoms with E-state index in [1.165, 1.54) is 22.0 Å². The van der Waals surface area contributed by atoms with Crippen LogP contribution in [0.2, 0.25) is 0 Å². The monoisotopic (exact) mass is 295 g/mol. The molecule has 0 amide bonds. The van der Waals surface area contributed by atoms with Gasteiger partial charge in [-0.05, 0) is 46.9 Å². The minimum atomic E-state index is 0.495. The van der Waals surface area contributed by atoms with Crippen LogP contribution in [-0.4, -0.2) is 19.2 Å². The largest absolute Gasteiger partial charge is 0.493 e. The minimum absolute atomic E-state index is 0.495. The summed E-state index contributed by atoms with van der Waals surface area (Å²) in [7, 11) is 3.31. The Morgan fingerprint density at radius 1 is 0.864 bits per heavy atom. The molecule has 0 aliphatic carbocycles. The zero-order valence-corrected chi connectivity index (χ0v) is 13.4. The van der Waals surface area contributed by atoms with Gasteiger partial charge in [0, 0.05) is 17.1 Å². The maximum absolute atomic E-state index is 5.40. The smallest absolute Gasteiger partial charge is 0.161 e. The molecule has 114 valence electrons. The molecule has 0 bridgehead atoms. The summed E-state index contributed by atoms with van der Waals surface area (Å²) in [4.78, 5) is 3.34. The molecule has 0 unspecified atom stereocenters. The summed E-state index contributed by atoms with van der Waals surface area (Å²) in [6.45, 7) is 4.43. The number of hydrogen-bond acceptors (Lipinski definition) is 2. The topological polar surface area (TPSA) is 34.2 Å². The molecule has 1 heterocycles. The Kier molecular flexibility index (Phi) is 3.80. The second-order valence-electron chi connectivity index (χ2n) is 5.73. The molecule has 1 N–H and O–H groups in total. The molecule has 3 nitrogen and oxygen atoms in total. The summed E-state index contributed by atoms with van der Waals surface area (Å²) >= 11 is 0. The van der Waals surface area contributed by atoms with E-state index in [0.29, 0.717) is 5.92 Å². The molecule has 1 aromatic heterocycles. The van der Waals surface area contributed by atoms with Gasteiger partial charge in [0.1, 0.15) is 0 Å². The third-order valence-electron chi connectivity index (χ3n) is 4.05. The van der Waals surface area contributed by atoms with Gasteiger partial charge in [0.2, 0.25) is 0 Å². The van der Waals surface area contributed by atoms with Gasteiger partial charge in [-0.15, -0.1) is 0 Å². The van der Waals surface area contributed by atoms with Crippen LogP contribution in [-0.2, 0) is 0 Å². The number of H-pyrrole nitrogens is 1. The SMILES string of the molecule is COc1ccc(-c2ccc3[nH]cc(C(C)C)c3c2)cc1OC. The van der Waals surface area contributed by atoms with Gasteiger partial charge in [0.15, 0.2) is 11.5 Å². The van der Waals surface area contributed by atoms with Crippen LogP contribution in [0.25, 0.3) is 22.0 Å². The Hall–Kier alpha value is -2.42. The van der Waals surface area contributed by atoms with Crippen molar-refractivity contribution in [3.8, 4) is 22.6 Å². The molecule has 3 heteroatoms. The second-order valence-corrected chi connectivity index (χ2v) is 5.73. The first kappa shape index (κ1) is 14.5. The third kappa shape index (κ3) is 2.43. The Bertz CT molecular complexity index is 802. The van der Waals surface area contributed by atoms with Crippen LogP contribution in [0.1, 0.15) is 25.3 Å². The van der Waals surface area contributed by atoms with Crippen LogP contribution in [0.4, 0.5) is 0 Å². The van der Waals surface area contributed by atoms with Crippen LogP contribution >= 0.6 is 0 Å². The number of aromatic amines is 1. The quantitative estimate of drug-likeness (QED) is 0.737. The number of hydrogen-bond donors (Lipinski definition) is 1. The number of fused-ring (bicyclic) bond motifs is 1. The van der Waals surface area contributed by atoms with Gasteiger partial charge < -0.3 is 14.5 Å². The number of aromatic nitrogens is 1. The van der Waals surface area contributed by atoms with Crippen LogP contribution in [0.15, 0.2) is 42.6 Å². The summed E-state index contributed by atoms with van der Waals surface area (Å²) in [6, 6.07) is 12.5. The van der Waals surface area contributed by atoms with E-state index in [0.717, 1.165) is 17.1 Å². The number of nitrogens with one attached hydrogen (secondary N) is 1. The second kappa shape index (κ2) is 5.76. The fourth-order valence-electron chi connectivity index (χ4n) is 2.82. The van der Waals surface area contributed by atoms with Crippen LogP contribution < -0.4 is 9.47 Å². The molecule has 0 saturated heterocycles. The summed E-state index contributed by atoms with van der Waals surface area (Å²) in [6.07, 6.45) is 2.10. The van der Waals surface area contributed by atoms with E-state index in [9.17, 15) is 0 Å². The van der Waals surface area contributed by atoms with Crippen LogP contribution in [0.3, 0.4) is 0 Å². The summed E-state index contributed by atoms with van der Waals surface area (Å²) in [5.74, 6) is 1.99. The molecule has 0 radical (unpaired) electrons. The summed E-state index contributed by atoms with van der Waals surface area (Å²) in [5, 5.41) is 1.28. The highest BCUT2D eigenvalue weighted by molar-refractivity contribution is 5.88. The van der Waals surface area contributed by atoms with E-state index in [4.69, 9.17) is 9.47 Å². The van der Waals surface area contributed by atoms with E-state index in [-0.39, 0.29) is 0 Å². The molecule has 22 heavy (non-hydrogen) atoms. The lowest BCUT2D eigenvalue weighted by Gasteiger charge is -2.10. The van der Waals surface area contributed by atoms with Crippen molar-refractivity contribution in [3.63, 3.8) is 0 Å². The molecule has 0 aliphatic rings. The number of ether oxygens (including phenoxy) is 2. The zero-order valence-electron chi connectivity index (χ0n) is 13.4. The number of benzene rings is 2. The van der Waals surface area contributed by atoms with Crippen molar-refractivity contribution in [2.24, 2.45) is 0 Å². The van der Waals surface area contributed by atoms with Crippen molar-refractivity contribution in [1.29, 1.82) is 0 Å². The first-order valence-electron chi connectivity index (χ1n) is 7.47. The van der Waals surface area contributed by atoms with E-state index in [2.05, 4.69) is 49.3 Å². The van der Waals surface area contributed by atoms with Crippen molar-refractivity contribution >= 4 is 10.9 Å². The highest BCUT2D eigenvalue weighted by atomic mass is 16.5. The minimum Gasteiger partial charge on any atom is -0.493 e. The fraction of sp³-hybridized carbons (Fsp3) is 0.263. The zero-order chi connectivity index (χ0) is 15.7. The standard InChI is InChI=1S/C19H21NO2/c1-12(2)16-11-20-17-7-5-13(9-15(16)17)14-6-8-18(21-3)19(10-14)22-4/h5-12,20H,1-4H3. The van der Waals surface area contributed by atoms with Gasteiger partial charge in [-0.1, -0.05) is 26.0 Å². The van der Waals surface area contributed by atoms with Gasteiger partial charge in [-0.3, -0.25) is 0 Å². The van der Waals surface area contributed by atoms with Gasteiger partial charge in [-0.2, -0.15) is 0 Å². The van der Waals surface area contributed by atoms with Crippen molar-refractivity contribution in [1.82, 2.24) is 4.98 Å². The first-order chi connectivity index (χ1) is 10.6. The molecular formula is C19H21NO2. The third-order valence-corrected chi connectivity index (χ3v) is 4.05. The van der Waals surface area contributed by atoms with Crippen LogP contribution in [0, 0.1) is 0 Å². The Morgan fingerprint density at radius 3 is 2.23 bits per heavy atom. The van der Waals surface area contributed by atoms with Crippen molar-refractivity contribution in [2.45, 2.75) is 19.8 Å². The molecule has 0 saturated carbocycles. The van der Waals surface area contributed by atoms with E-state index >= 15 is 0 Å². The van der Waals surface area contributed by atoms with E-state index < -0.39 is 0 Å². The van der Waals surface area contributed by atoms with Gasteiger partial charge >= 0.3 is 0 Å². The van der Waals surface area contributed by atoms with E-state index in [1.807, 2.05) is 12.1 Å². The van der Waals surface area contributed by atoms with Crippen LogP contribution in [0.5, 0.6) is 11.5 Å². The normalized spacial score (nSPS) is 11.1. The maximum atomic E-state index is 5.40. The summed E-state index contributed by atoms with van der Waals surface area (Å²) in [5.41, 5.74) is 4.82. The predicted octanol–water partition coefficient (Wildman–Crippen LogP) is 4.98. The lowest BCUT2D eigenvalue weighted by Crippen LogP contribution is -1.91. The average Bonchev–Trinajstić information content (AvgIpc) is 2.97. The van der Waals surface area contributed by atoms with Crippen molar-refractivity contribution in [3.05, 3.63) is 48.2 Å². The van der Waals surface area contributed by atoms with Crippen molar-refractivity contribution < 1.29 is 9.47 Å². The molecule has 0 atom stereocenters. The Balaban J connectivity index is 2.11. The number of rotatable bonds is 4. The fourth-order valence-corrected chi connectivity index (χ4v) is 2.82. The molecule has 3 aromatic rings. The highest BCUT2D eigenvalue weighted by Crippen LogP contribution is 2.34. The molecule has 2 aromatic carbocycles. The molecule has 0 fully saturated rings. The molecule has 0 spiro atoms.